The fraction of sp³-hybridized carbons (Fsp3) is 0.429. The van der Waals surface area contributed by atoms with Crippen LogP contribution >= 0.6 is 0 Å². The van der Waals surface area contributed by atoms with Crippen LogP contribution in [0.5, 0.6) is 5.75 Å². The van der Waals surface area contributed by atoms with Crippen LogP contribution in [0.15, 0.2) is 54.4 Å². The number of carbonyl (C=O) groups excluding carboxylic acids is 1. The van der Waals surface area contributed by atoms with Gasteiger partial charge in [-0.15, -0.1) is 0 Å². The first-order valence-electron chi connectivity index (χ1n) is 9.71. The van der Waals surface area contributed by atoms with E-state index in [0.717, 1.165) is 32.6 Å². The normalized spacial score (nSPS) is 16.5. The summed E-state index contributed by atoms with van der Waals surface area (Å²) < 4.78 is 5.76. The molecule has 0 aliphatic carbocycles. The molecule has 1 saturated heterocycles. The largest absolute Gasteiger partial charge is 0.486 e. The third kappa shape index (κ3) is 6.74. The summed E-state index contributed by atoms with van der Waals surface area (Å²) in [6.45, 7) is 5.45. The van der Waals surface area contributed by atoms with Crippen LogP contribution in [0.25, 0.3) is 0 Å². The number of hydrogen-bond donors (Lipinski definition) is 3. The molecule has 4 N–H and O–H groups in total. The summed E-state index contributed by atoms with van der Waals surface area (Å²) in [5.41, 5.74) is 6.62. The van der Waals surface area contributed by atoms with Gasteiger partial charge in [0.2, 0.25) is 5.91 Å². The highest BCUT2D eigenvalue weighted by atomic mass is 16.5. The van der Waals surface area contributed by atoms with Crippen LogP contribution in [-0.2, 0) is 4.79 Å². The second-order valence-electron chi connectivity index (χ2n) is 6.41. The van der Waals surface area contributed by atoms with Crippen LogP contribution in [0.4, 0.5) is 5.82 Å². The van der Waals surface area contributed by atoms with Gasteiger partial charge in [-0.25, -0.2) is 4.98 Å². The zero-order valence-corrected chi connectivity index (χ0v) is 16.7. The molecule has 1 aromatic heterocycles. The Hall–Kier alpha value is -2.80. The quantitative estimate of drug-likeness (QED) is 0.444. The predicted octanol–water partition coefficient (Wildman–Crippen LogP) is 1.92. The van der Waals surface area contributed by atoms with Gasteiger partial charge in [-0.05, 0) is 24.6 Å². The lowest BCUT2D eigenvalue weighted by Gasteiger charge is -2.29. The smallest absolute Gasteiger partial charge is 0.233 e. The van der Waals surface area contributed by atoms with E-state index in [2.05, 4.69) is 15.6 Å². The van der Waals surface area contributed by atoms with E-state index in [1.807, 2.05) is 48.3 Å². The Morgan fingerprint density at radius 2 is 2.21 bits per heavy atom. The zero-order valence-electron chi connectivity index (χ0n) is 16.7. The highest BCUT2D eigenvalue weighted by Gasteiger charge is 2.21. The third-order valence-electron chi connectivity index (χ3n) is 4.34. The number of hydrogen-bond acceptors (Lipinski definition) is 6. The number of nitrogens with zero attached hydrogens (tertiary/aromatic N) is 2. The number of pyridine rings is 1. The van der Waals surface area contributed by atoms with Gasteiger partial charge < -0.3 is 26.0 Å². The van der Waals surface area contributed by atoms with Gasteiger partial charge in [0.25, 0.3) is 0 Å². The van der Waals surface area contributed by atoms with Gasteiger partial charge >= 0.3 is 0 Å². The van der Waals surface area contributed by atoms with Crippen LogP contribution in [0.2, 0.25) is 0 Å². The summed E-state index contributed by atoms with van der Waals surface area (Å²) in [5, 5.41) is 6.26. The van der Waals surface area contributed by atoms with Gasteiger partial charge in [0.05, 0.1) is 5.92 Å². The molecule has 1 fully saturated rings. The molecule has 28 heavy (non-hydrogen) atoms. The first-order chi connectivity index (χ1) is 13.7. The Labute approximate surface area is 167 Å². The Balaban J connectivity index is 2.04. The van der Waals surface area contributed by atoms with E-state index in [9.17, 15) is 4.79 Å². The lowest BCUT2D eigenvalue weighted by atomic mass is 10.1. The van der Waals surface area contributed by atoms with Crippen molar-refractivity contribution in [3.8, 4) is 5.75 Å². The van der Waals surface area contributed by atoms with E-state index in [0.29, 0.717) is 23.9 Å². The second-order valence-corrected chi connectivity index (χ2v) is 6.41. The van der Waals surface area contributed by atoms with Gasteiger partial charge in [0.1, 0.15) is 6.61 Å². The Morgan fingerprint density at radius 3 is 2.93 bits per heavy atom. The van der Waals surface area contributed by atoms with Crippen LogP contribution < -0.4 is 21.1 Å². The number of aromatic nitrogens is 1. The van der Waals surface area contributed by atoms with Crippen molar-refractivity contribution in [2.45, 2.75) is 13.3 Å². The molecule has 2 heterocycles. The van der Waals surface area contributed by atoms with Crippen LogP contribution in [-0.4, -0.2) is 55.6 Å². The number of nitrogens with two attached hydrogens (primary N) is 1. The molecule has 0 bridgehead atoms. The lowest BCUT2D eigenvalue weighted by molar-refractivity contribution is -0.133. The Morgan fingerprint density at radius 1 is 1.43 bits per heavy atom. The van der Waals surface area contributed by atoms with Crippen molar-refractivity contribution in [2.75, 3.05) is 45.2 Å². The van der Waals surface area contributed by atoms with Crippen molar-refractivity contribution in [2.24, 2.45) is 11.7 Å². The molecular formula is C21H31N5O2. The molecule has 0 saturated carbocycles. The standard InChI is InChI=1S/C21H31N5O2/c1-3-6-18(22)10-9-17(21(27)26-14-12-24-13-15-26)7-5-16-28-19-8-4-11-25-20(19)23-2/h4-11,17,24H,3,12-16,22H2,1-2H3,(H,23,25)/b7-5+,10-9?,18-6+. The second kappa shape index (κ2) is 11.8. The highest BCUT2D eigenvalue weighted by molar-refractivity contribution is 5.82. The maximum absolute atomic E-state index is 12.9. The Bertz CT molecular complexity index is 709. The number of piperazine rings is 1. The highest BCUT2D eigenvalue weighted by Crippen LogP contribution is 2.20. The molecule has 1 atom stereocenters. The predicted molar refractivity (Wildman–Crippen MR) is 113 cm³/mol. The average Bonchev–Trinajstić information content (AvgIpc) is 2.73. The number of carbonyl (C=O) groups is 1. The Kier molecular flexibility index (Phi) is 9.07. The summed E-state index contributed by atoms with van der Waals surface area (Å²) in [7, 11) is 1.80. The maximum Gasteiger partial charge on any atom is 0.233 e. The minimum Gasteiger partial charge on any atom is -0.486 e. The average molecular weight is 386 g/mol. The molecule has 2 rings (SSSR count). The van der Waals surface area contributed by atoms with E-state index in [1.165, 1.54) is 0 Å². The van der Waals surface area contributed by atoms with E-state index in [1.54, 1.807) is 19.3 Å². The molecule has 1 amide bonds. The molecule has 1 aromatic rings. The molecular weight excluding hydrogens is 354 g/mol. The van der Waals surface area contributed by atoms with Gasteiger partial charge in [-0.3, -0.25) is 4.79 Å². The summed E-state index contributed by atoms with van der Waals surface area (Å²) >= 11 is 0. The molecule has 7 nitrogen and oxygen atoms in total. The summed E-state index contributed by atoms with van der Waals surface area (Å²) in [6.07, 6.45) is 11.9. The first kappa shape index (κ1) is 21.5. The summed E-state index contributed by atoms with van der Waals surface area (Å²) in [6, 6.07) is 3.67. The van der Waals surface area contributed by atoms with Crippen molar-refractivity contribution in [3.63, 3.8) is 0 Å². The van der Waals surface area contributed by atoms with Crippen LogP contribution in [0, 0.1) is 5.92 Å². The van der Waals surface area contributed by atoms with Crippen molar-refractivity contribution < 1.29 is 9.53 Å². The molecule has 7 heteroatoms. The fourth-order valence-corrected chi connectivity index (χ4v) is 2.88. The number of amides is 1. The molecule has 1 aliphatic heterocycles. The maximum atomic E-state index is 12.9. The van der Waals surface area contributed by atoms with Gasteiger partial charge in [-0.2, -0.15) is 0 Å². The summed E-state index contributed by atoms with van der Waals surface area (Å²) in [4.78, 5) is 19.0. The van der Waals surface area contributed by atoms with Crippen LogP contribution in [0.1, 0.15) is 13.3 Å². The van der Waals surface area contributed by atoms with Crippen molar-refractivity contribution >= 4 is 11.7 Å². The fourth-order valence-electron chi connectivity index (χ4n) is 2.88. The van der Waals surface area contributed by atoms with Crippen molar-refractivity contribution in [1.29, 1.82) is 0 Å². The monoisotopic (exact) mass is 385 g/mol. The van der Waals surface area contributed by atoms with E-state index in [4.69, 9.17) is 10.5 Å². The van der Waals surface area contributed by atoms with Crippen LogP contribution in [0.3, 0.4) is 0 Å². The van der Waals surface area contributed by atoms with Crippen molar-refractivity contribution in [3.05, 3.63) is 54.4 Å². The number of anilines is 1. The lowest BCUT2D eigenvalue weighted by Crippen LogP contribution is -2.48. The van der Waals surface area contributed by atoms with Gasteiger partial charge in [-0.1, -0.05) is 31.2 Å². The first-order valence-corrected chi connectivity index (χ1v) is 9.71. The molecule has 0 aromatic carbocycles. The molecule has 152 valence electrons. The topological polar surface area (TPSA) is 92.5 Å². The number of ether oxygens (including phenoxy) is 1. The SMILES string of the molecule is CC/C=C(/N)C=CC(/C=C/COc1cccnc1NC)C(=O)N1CCNCC1. The van der Waals surface area contributed by atoms with Crippen molar-refractivity contribution in [1.82, 2.24) is 15.2 Å². The zero-order chi connectivity index (χ0) is 20.2. The minimum absolute atomic E-state index is 0.0793. The molecule has 1 unspecified atom stereocenters. The number of allylic oxidation sites excluding steroid dienone is 2. The third-order valence-corrected chi connectivity index (χ3v) is 4.34. The number of rotatable bonds is 9. The molecule has 1 aliphatic rings. The van der Waals surface area contributed by atoms with Gasteiger partial charge in [0, 0.05) is 45.1 Å². The van der Waals surface area contributed by atoms with Gasteiger partial charge in [0.15, 0.2) is 11.6 Å². The molecule has 0 radical (unpaired) electrons. The molecule has 0 spiro atoms. The van der Waals surface area contributed by atoms with E-state index in [-0.39, 0.29) is 11.8 Å². The number of nitrogens with one attached hydrogen (secondary N) is 2. The minimum atomic E-state index is -0.372. The van der Waals surface area contributed by atoms with E-state index < -0.39 is 0 Å². The summed E-state index contributed by atoms with van der Waals surface area (Å²) in [5.74, 6) is 1.06. The van der Waals surface area contributed by atoms with E-state index >= 15 is 0 Å².